The first-order chi connectivity index (χ1) is 11.8. The van der Waals surface area contributed by atoms with E-state index in [0.29, 0.717) is 11.7 Å². The Morgan fingerprint density at radius 3 is 2.92 bits per heavy atom. The van der Waals surface area contributed by atoms with Crippen molar-refractivity contribution < 1.29 is 4.74 Å². The smallest absolute Gasteiger partial charge is 0.150 e. The van der Waals surface area contributed by atoms with E-state index in [-0.39, 0.29) is 6.23 Å². The predicted molar refractivity (Wildman–Crippen MR) is 96.1 cm³/mol. The number of nitrogens with zero attached hydrogens (tertiary/aromatic N) is 3. The molecule has 3 aromatic rings. The zero-order chi connectivity index (χ0) is 16.1. The molecule has 1 aliphatic carbocycles. The third kappa shape index (κ3) is 2.41. The van der Waals surface area contributed by atoms with Crippen LogP contribution in [0.5, 0.6) is 0 Å². The highest BCUT2D eigenvalue weighted by Gasteiger charge is 2.28. The van der Waals surface area contributed by atoms with Gasteiger partial charge in [-0.15, -0.1) is 11.3 Å². The molecule has 5 nitrogen and oxygen atoms in total. The fourth-order valence-corrected chi connectivity index (χ4v) is 4.76. The van der Waals surface area contributed by atoms with Gasteiger partial charge in [-0.1, -0.05) is 0 Å². The van der Waals surface area contributed by atoms with Crippen LogP contribution in [0.25, 0.3) is 20.8 Å². The van der Waals surface area contributed by atoms with Crippen molar-refractivity contribution in [3.8, 4) is 10.6 Å². The van der Waals surface area contributed by atoms with E-state index < -0.39 is 0 Å². The molecule has 24 heavy (non-hydrogen) atoms. The van der Waals surface area contributed by atoms with Crippen LogP contribution >= 0.6 is 11.3 Å². The predicted octanol–water partition coefficient (Wildman–Crippen LogP) is 4.32. The van der Waals surface area contributed by atoms with Crippen molar-refractivity contribution in [2.45, 2.75) is 44.2 Å². The summed E-state index contributed by atoms with van der Waals surface area (Å²) in [7, 11) is 0. The lowest BCUT2D eigenvalue weighted by atomic mass is 10.1. The standard InChI is InChI=1S/C18H20N4OS/c19-16-9-12(11-4-5-11)18-13(21-16)10-15(24-18)14-6-7-20-22(14)17-3-1-2-8-23-17/h6-7,9-11,17H,1-5,8H2,(H2,19,21). The summed E-state index contributed by atoms with van der Waals surface area (Å²) in [5.41, 5.74) is 9.51. The number of anilines is 1. The molecule has 0 spiro atoms. The maximum atomic E-state index is 6.02. The van der Waals surface area contributed by atoms with E-state index in [9.17, 15) is 0 Å². The average molecular weight is 340 g/mol. The zero-order valence-corrected chi connectivity index (χ0v) is 14.3. The third-order valence-corrected chi connectivity index (χ3v) is 6.09. The van der Waals surface area contributed by atoms with Crippen molar-refractivity contribution in [1.82, 2.24) is 14.8 Å². The molecule has 1 atom stereocenters. The molecule has 1 aliphatic heterocycles. The van der Waals surface area contributed by atoms with Gasteiger partial charge in [0.2, 0.25) is 0 Å². The molecule has 124 valence electrons. The maximum Gasteiger partial charge on any atom is 0.150 e. The number of rotatable bonds is 3. The molecule has 1 saturated heterocycles. The van der Waals surface area contributed by atoms with Gasteiger partial charge in [-0.3, -0.25) is 0 Å². The highest BCUT2D eigenvalue weighted by Crippen LogP contribution is 2.46. The lowest BCUT2D eigenvalue weighted by Crippen LogP contribution is -2.19. The zero-order valence-electron chi connectivity index (χ0n) is 13.4. The second kappa shape index (κ2) is 5.57. The summed E-state index contributed by atoms with van der Waals surface area (Å²) in [6.07, 6.45) is 7.80. The average Bonchev–Trinajstić information content (AvgIpc) is 3.17. The van der Waals surface area contributed by atoms with Crippen LogP contribution in [0.2, 0.25) is 0 Å². The Morgan fingerprint density at radius 1 is 1.21 bits per heavy atom. The lowest BCUT2D eigenvalue weighted by Gasteiger charge is -2.24. The minimum atomic E-state index is 0.0508. The first kappa shape index (κ1) is 14.4. The highest BCUT2D eigenvalue weighted by atomic mass is 32.1. The number of nitrogens with two attached hydrogens (primary N) is 1. The molecule has 3 aromatic heterocycles. The fourth-order valence-electron chi connectivity index (χ4n) is 3.55. The second-order valence-corrected chi connectivity index (χ2v) is 7.77. The lowest BCUT2D eigenvalue weighted by molar-refractivity contribution is -0.0383. The van der Waals surface area contributed by atoms with Crippen molar-refractivity contribution in [2.24, 2.45) is 0 Å². The van der Waals surface area contributed by atoms with Crippen LogP contribution in [0.15, 0.2) is 24.4 Å². The van der Waals surface area contributed by atoms with E-state index in [1.807, 2.05) is 10.9 Å². The minimum absolute atomic E-state index is 0.0508. The number of aromatic nitrogens is 3. The quantitative estimate of drug-likeness (QED) is 0.771. The van der Waals surface area contributed by atoms with Gasteiger partial charge in [0.1, 0.15) is 5.82 Å². The monoisotopic (exact) mass is 340 g/mol. The van der Waals surface area contributed by atoms with E-state index in [2.05, 4.69) is 28.3 Å². The molecule has 2 N–H and O–H groups in total. The van der Waals surface area contributed by atoms with Crippen LogP contribution in [-0.2, 0) is 4.74 Å². The summed E-state index contributed by atoms with van der Waals surface area (Å²) in [6, 6.07) is 6.28. The molecule has 0 bridgehead atoms. The van der Waals surface area contributed by atoms with Gasteiger partial charge in [-0.25, -0.2) is 9.67 Å². The Bertz CT molecular complexity index is 890. The molecule has 1 unspecified atom stereocenters. The third-order valence-electron chi connectivity index (χ3n) is 4.90. The van der Waals surface area contributed by atoms with Crippen LogP contribution in [0.1, 0.15) is 49.8 Å². The molecular formula is C18H20N4OS. The van der Waals surface area contributed by atoms with Crippen LogP contribution in [-0.4, -0.2) is 21.4 Å². The first-order valence-electron chi connectivity index (χ1n) is 8.65. The Balaban J connectivity index is 1.60. The molecule has 2 fully saturated rings. The summed E-state index contributed by atoms with van der Waals surface area (Å²) in [6.45, 7) is 0.820. The van der Waals surface area contributed by atoms with Gasteiger partial charge < -0.3 is 10.5 Å². The molecule has 5 rings (SSSR count). The summed E-state index contributed by atoms with van der Waals surface area (Å²) in [4.78, 5) is 5.74. The van der Waals surface area contributed by atoms with Gasteiger partial charge in [0, 0.05) is 12.8 Å². The normalized spacial score (nSPS) is 21.4. The van der Waals surface area contributed by atoms with Gasteiger partial charge in [0.25, 0.3) is 0 Å². The molecule has 0 amide bonds. The molecule has 0 radical (unpaired) electrons. The Hall–Kier alpha value is -1.92. The van der Waals surface area contributed by atoms with Crippen LogP contribution in [0, 0.1) is 0 Å². The van der Waals surface area contributed by atoms with Crippen LogP contribution in [0.4, 0.5) is 5.82 Å². The van der Waals surface area contributed by atoms with E-state index in [1.165, 1.54) is 34.4 Å². The Kier molecular flexibility index (Phi) is 3.35. The van der Waals surface area contributed by atoms with Gasteiger partial charge in [-0.05, 0) is 61.8 Å². The maximum absolute atomic E-state index is 6.02. The van der Waals surface area contributed by atoms with Crippen molar-refractivity contribution in [2.75, 3.05) is 12.3 Å². The summed E-state index contributed by atoms with van der Waals surface area (Å²) in [5, 5.41) is 4.53. The fraction of sp³-hybridized carbons (Fsp3) is 0.444. The number of thiophene rings is 1. The van der Waals surface area contributed by atoms with Gasteiger partial charge >= 0.3 is 0 Å². The van der Waals surface area contributed by atoms with E-state index in [0.717, 1.165) is 30.7 Å². The summed E-state index contributed by atoms with van der Waals surface area (Å²) in [5.74, 6) is 1.29. The van der Waals surface area contributed by atoms with Crippen molar-refractivity contribution in [1.29, 1.82) is 0 Å². The largest absolute Gasteiger partial charge is 0.384 e. The number of nitrogen functional groups attached to an aromatic ring is 1. The van der Waals surface area contributed by atoms with Gasteiger partial charge in [0.15, 0.2) is 6.23 Å². The van der Waals surface area contributed by atoms with E-state index >= 15 is 0 Å². The van der Waals surface area contributed by atoms with Crippen molar-refractivity contribution in [3.05, 3.63) is 30.0 Å². The van der Waals surface area contributed by atoms with E-state index in [4.69, 9.17) is 10.5 Å². The minimum Gasteiger partial charge on any atom is -0.384 e. The highest BCUT2D eigenvalue weighted by molar-refractivity contribution is 7.22. The van der Waals surface area contributed by atoms with Gasteiger partial charge in [-0.2, -0.15) is 5.10 Å². The topological polar surface area (TPSA) is 66.0 Å². The molecule has 1 saturated carbocycles. The summed E-state index contributed by atoms with van der Waals surface area (Å²) >= 11 is 1.80. The number of hydrogen-bond donors (Lipinski definition) is 1. The van der Waals surface area contributed by atoms with E-state index in [1.54, 1.807) is 11.3 Å². The number of hydrogen-bond acceptors (Lipinski definition) is 5. The SMILES string of the molecule is Nc1cc(C2CC2)c2sc(-c3ccnn3C3CCCCO3)cc2n1. The Labute approximate surface area is 144 Å². The second-order valence-electron chi connectivity index (χ2n) is 6.72. The van der Waals surface area contributed by atoms with Gasteiger partial charge in [0.05, 0.1) is 20.8 Å². The molecule has 6 heteroatoms. The van der Waals surface area contributed by atoms with Crippen LogP contribution < -0.4 is 5.73 Å². The number of fused-ring (bicyclic) bond motifs is 1. The Morgan fingerprint density at radius 2 is 2.12 bits per heavy atom. The number of ether oxygens (including phenoxy) is 1. The summed E-state index contributed by atoms with van der Waals surface area (Å²) < 4.78 is 9.23. The first-order valence-corrected chi connectivity index (χ1v) is 9.47. The van der Waals surface area contributed by atoms with Crippen molar-refractivity contribution in [3.63, 3.8) is 0 Å². The molecule has 0 aromatic carbocycles. The molecule has 4 heterocycles. The van der Waals surface area contributed by atoms with Crippen molar-refractivity contribution >= 4 is 27.4 Å². The number of pyridine rings is 1. The van der Waals surface area contributed by atoms with Crippen LogP contribution in [0.3, 0.4) is 0 Å². The molecular weight excluding hydrogens is 320 g/mol. The molecule has 2 aliphatic rings.